The van der Waals surface area contributed by atoms with Gasteiger partial charge in [-0.2, -0.15) is 0 Å². The molecule has 4 nitrogen and oxygen atoms in total. The number of benzene rings is 1. The van der Waals surface area contributed by atoms with Crippen LogP contribution < -0.4 is 5.32 Å². The van der Waals surface area contributed by atoms with E-state index in [1.165, 1.54) is 16.5 Å². The predicted molar refractivity (Wildman–Crippen MR) is 92.1 cm³/mol. The Morgan fingerprint density at radius 2 is 2.14 bits per heavy atom. The van der Waals surface area contributed by atoms with E-state index in [0.717, 1.165) is 33.2 Å². The number of nitrogens with one attached hydrogen (secondary N) is 1. The molecule has 2 aromatic rings. The molecule has 21 heavy (non-hydrogen) atoms. The molecule has 1 aromatic heterocycles. The molecule has 0 saturated carbocycles. The first kappa shape index (κ1) is 15.0. The summed E-state index contributed by atoms with van der Waals surface area (Å²) >= 11 is 8.78. The fourth-order valence-electron chi connectivity index (χ4n) is 2.60. The highest BCUT2D eigenvalue weighted by Crippen LogP contribution is 2.40. The zero-order valence-corrected chi connectivity index (χ0v) is 14.9. The van der Waals surface area contributed by atoms with Gasteiger partial charge < -0.3 is 5.32 Å². The van der Waals surface area contributed by atoms with Crippen molar-refractivity contribution in [3.05, 3.63) is 53.1 Å². The number of rotatable bonds is 3. The van der Waals surface area contributed by atoms with Crippen LogP contribution >= 0.6 is 43.2 Å². The minimum absolute atomic E-state index is 0.100. The summed E-state index contributed by atoms with van der Waals surface area (Å²) in [5.74, 6) is 0. The third kappa shape index (κ3) is 3.14. The van der Waals surface area contributed by atoms with Crippen molar-refractivity contribution in [2.75, 3.05) is 5.32 Å². The van der Waals surface area contributed by atoms with E-state index in [1.54, 1.807) is 23.5 Å². The molecule has 110 valence electrons. The van der Waals surface area contributed by atoms with Gasteiger partial charge in [-0.25, -0.2) is 0 Å². The maximum Gasteiger partial charge on any atom is 0.271 e. The molecule has 3 rings (SSSR count). The van der Waals surface area contributed by atoms with Crippen molar-refractivity contribution in [3.63, 3.8) is 0 Å². The molecular weight excluding hydrogens is 420 g/mol. The van der Waals surface area contributed by atoms with Gasteiger partial charge in [0.25, 0.3) is 5.69 Å². The lowest BCUT2D eigenvalue weighted by Crippen LogP contribution is -2.16. The Hall–Kier alpha value is -0.920. The molecule has 0 radical (unpaired) electrons. The van der Waals surface area contributed by atoms with E-state index in [0.29, 0.717) is 0 Å². The molecule has 0 fully saturated rings. The molecule has 0 bridgehead atoms. The number of hydrogen-bond donors (Lipinski definition) is 1. The third-order valence-electron chi connectivity index (χ3n) is 3.57. The Bertz CT molecular complexity index is 702. The van der Waals surface area contributed by atoms with Gasteiger partial charge in [-0.1, -0.05) is 0 Å². The van der Waals surface area contributed by atoms with Gasteiger partial charge in [-0.15, -0.1) is 11.3 Å². The first-order valence-corrected chi connectivity index (χ1v) is 8.93. The van der Waals surface area contributed by atoms with E-state index in [2.05, 4.69) is 43.2 Å². The summed E-state index contributed by atoms with van der Waals surface area (Å²) in [6, 6.07) is 7.16. The molecule has 1 N–H and O–H groups in total. The van der Waals surface area contributed by atoms with Crippen LogP contribution in [0.2, 0.25) is 0 Å². The lowest BCUT2D eigenvalue weighted by molar-refractivity contribution is -0.384. The van der Waals surface area contributed by atoms with Crippen LogP contribution in [0.5, 0.6) is 0 Å². The number of nitrogens with zero attached hydrogens (tertiary/aromatic N) is 1. The Morgan fingerprint density at radius 1 is 1.33 bits per heavy atom. The van der Waals surface area contributed by atoms with Crippen LogP contribution in [0, 0.1) is 10.1 Å². The van der Waals surface area contributed by atoms with Crippen molar-refractivity contribution >= 4 is 54.6 Å². The zero-order chi connectivity index (χ0) is 15.0. The van der Waals surface area contributed by atoms with Crippen LogP contribution in [-0.2, 0) is 6.42 Å². The van der Waals surface area contributed by atoms with E-state index in [9.17, 15) is 10.1 Å². The maximum absolute atomic E-state index is 10.9. The molecule has 0 spiro atoms. The zero-order valence-electron chi connectivity index (χ0n) is 10.9. The molecule has 0 saturated heterocycles. The second-order valence-corrected chi connectivity index (χ2v) is 8.31. The van der Waals surface area contributed by atoms with Gasteiger partial charge in [0.1, 0.15) is 0 Å². The van der Waals surface area contributed by atoms with Crippen LogP contribution in [0.4, 0.5) is 11.4 Å². The molecule has 1 aromatic carbocycles. The van der Waals surface area contributed by atoms with E-state index in [-0.39, 0.29) is 16.7 Å². The van der Waals surface area contributed by atoms with Crippen molar-refractivity contribution in [2.24, 2.45) is 0 Å². The summed E-state index contributed by atoms with van der Waals surface area (Å²) in [7, 11) is 0. The second kappa shape index (κ2) is 6.06. The van der Waals surface area contributed by atoms with Crippen LogP contribution in [0.1, 0.15) is 29.3 Å². The Morgan fingerprint density at radius 3 is 2.90 bits per heavy atom. The van der Waals surface area contributed by atoms with Gasteiger partial charge in [0.2, 0.25) is 0 Å². The smallest absolute Gasteiger partial charge is 0.271 e. The van der Waals surface area contributed by atoms with Crippen molar-refractivity contribution in [3.8, 4) is 0 Å². The van der Waals surface area contributed by atoms with Gasteiger partial charge in [0.05, 0.1) is 20.4 Å². The van der Waals surface area contributed by atoms with Crippen LogP contribution in [0.3, 0.4) is 0 Å². The minimum atomic E-state index is -0.370. The van der Waals surface area contributed by atoms with Gasteiger partial charge in [0.15, 0.2) is 0 Å². The molecule has 0 aliphatic heterocycles. The highest BCUT2D eigenvalue weighted by Gasteiger charge is 2.23. The SMILES string of the molecule is O=[N+]([O-])c1ccc(Br)c(NC2CCCc3sc(Br)cc32)c1. The van der Waals surface area contributed by atoms with E-state index in [4.69, 9.17) is 0 Å². The highest BCUT2D eigenvalue weighted by atomic mass is 79.9. The third-order valence-corrected chi connectivity index (χ3v) is 5.98. The minimum Gasteiger partial charge on any atom is -0.377 e. The van der Waals surface area contributed by atoms with E-state index in [1.807, 2.05) is 0 Å². The summed E-state index contributed by atoms with van der Waals surface area (Å²) in [6.07, 6.45) is 3.27. The molecular formula is C14H12Br2N2O2S. The Labute approximate surface area is 143 Å². The van der Waals surface area contributed by atoms with E-state index < -0.39 is 0 Å². The van der Waals surface area contributed by atoms with Crippen molar-refractivity contribution < 1.29 is 4.92 Å². The molecule has 1 unspecified atom stereocenters. The molecule has 1 aliphatic carbocycles. The topological polar surface area (TPSA) is 55.2 Å². The summed E-state index contributed by atoms with van der Waals surface area (Å²) in [4.78, 5) is 11.9. The lowest BCUT2D eigenvalue weighted by atomic mass is 9.94. The summed E-state index contributed by atoms with van der Waals surface area (Å²) < 4.78 is 1.98. The fraction of sp³-hybridized carbons (Fsp3) is 0.286. The number of fused-ring (bicyclic) bond motifs is 1. The lowest BCUT2D eigenvalue weighted by Gasteiger charge is -2.25. The molecule has 1 atom stereocenters. The summed E-state index contributed by atoms with van der Waals surface area (Å²) in [6.45, 7) is 0. The average Bonchev–Trinajstić information content (AvgIpc) is 2.82. The Kier molecular flexibility index (Phi) is 4.33. The normalized spacial score (nSPS) is 17.3. The number of non-ortho nitro benzene ring substituents is 1. The number of anilines is 1. The molecule has 7 heteroatoms. The number of thiophene rings is 1. The van der Waals surface area contributed by atoms with Crippen LogP contribution in [0.25, 0.3) is 0 Å². The quantitative estimate of drug-likeness (QED) is 0.503. The van der Waals surface area contributed by atoms with Gasteiger partial charge in [0, 0.05) is 21.5 Å². The fourth-order valence-corrected chi connectivity index (χ4v) is 4.78. The maximum atomic E-state index is 10.9. The van der Waals surface area contributed by atoms with Gasteiger partial charge in [-0.05, 0) is 68.8 Å². The van der Waals surface area contributed by atoms with Crippen LogP contribution in [-0.4, -0.2) is 4.92 Å². The van der Waals surface area contributed by atoms with Crippen molar-refractivity contribution in [1.82, 2.24) is 0 Å². The van der Waals surface area contributed by atoms with Crippen LogP contribution in [0.15, 0.2) is 32.5 Å². The molecule has 1 aliphatic rings. The van der Waals surface area contributed by atoms with Crippen molar-refractivity contribution in [2.45, 2.75) is 25.3 Å². The van der Waals surface area contributed by atoms with Gasteiger partial charge in [-0.3, -0.25) is 10.1 Å². The monoisotopic (exact) mass is 430 g/mol. The number of nitro groups is 1. The largest absolute Gasteiger partial charge is 0.377 e. The summed E-state index contributed by atoms with van der Waals surface area (Å²) in [5.41, 5.74) is 2.17. The standard InChI is InChI=1S/C14H12Br2N2O2S/c15-10-5-4-8(18(19)20)6-12(10)17-11-2-1-3-13-9(11)7-14(16)21-13/h4-7,11,17H,1-3H2. The number of aryl methyl sites for hydroxylation is 1. The predicted octanol–water partition coefficient (Wildman–Crippen LogP) is 5.67. The number of hydrogen-bond acceptors (Lipinski definition) is 4. The van der Waals surface area contributed by atoms with Gasteiger partial charge >= 0.3 is 0 Å². The van der Waals surface area contributed by atoms with E-state index >= 15 is 0 Å². The average molecular weight is 432 g/mol. The molecule has 0 amide bonds. The second-order valence-electron chi connectivity index (χ2n) is 4.94. The first-order chi connectivity index (χ1) is 10.0. The molecule has 1 heterocycles. The number of halogens is 2. The number of nitro benzene ring substituents is 1. The van der Waals surface area contributed by atoms with Crippen molar-refractivity contribution in [1.29, 1.82) is 0 Å². The Balaban J connectivity index is 1.91. The highest BCUT2D eigenvalue weighted by molar-refractivity contribution is 9.11. The summed E-state index contributed by atoms with van der Waals surface area (Å²) in [5, 5.41) is 14.4. The first-order valence-electron chi connectivity index (χ1n) is 6.53.